The van der Waals surface area contributed by atoms with Crippen LogP contribution in [0.5, 0.6) is 5.75 Å². The Morgan fingerprint density at radius 2 is 1.72 bits per heavy atom. The van der Waals surface area contributed by atoms with E-state index in [9.17, 15) is 14.4 Å². The van der Waals surface area contributed by atoms with E-state index < -0.39 is 11.2 Å². The van der Waals surface area contributed by atoms with Gasteiger partial charge in [0.1, 0.15) is 12.4 Å². The van der Waals surface area contributed by atoms with Gasteiger partial charge in [0.05, 0.1) is 13.0 Å². The van der Waals surface area contributed by atoms with Crippen LogP contribution in [-0.4, -0.2) is 41.0 Å². The van der Waals surface area contributed by atoms with E-state index in [0.717, 1.165) is 16.9 Å². The number of carbonyl (C=O) groups excluding carboxylic acids is 1. The monoisotopic (exact) mass is 345 g/mol. The van der Waals surface area contributed by atoms with E-state index in [-0.39, 0.29) is 17.9 Å². The third kappa shape index (κ3) is 5.07. The van der Waals surface area contributed by atoms with Crippen LogP contribution in [0.4, 0.5) is 0 Å². The van der Waals surface area contributed by atoms with Crippen LogP contribution in [0.3, 0.4) is 0 Å². The molecule has 0 saturated carbocycles. The van der Waals surface area contributed by atoms with Crippen molar-refractivity contribution < 1.29 is 9.53 Å². The van der Waals surface area contributed by atoms with Crippen LogP contribution in [0.2, 0.25) is 0 Å². The SMILES string of the molecule is Cc1cc(C)cc(OCCN(C)C(=O)Cc2c(C)[nH]c(=O)[nH]c2=O)c1. The predicted octanol–water partition coefficient (Wildman–Crippen LogP) is 1.07. The van der Waals surface area contributed by atoms with Crippen molar-refractivity contribution >= 4 is 5.91 Å². The van der Waals surface area contributed by atoms with Gasteiger partial charge in [0.25, 0.3) is 5.56 Å². The molecule has 7 nitrogen and oxygen atoms in total. The second kappa shape index (κ2) is 7.83. The minimum absolute atomic E-state index is 0.0714. The summed E-state index contributed by atoms with van der Waals surface area (Å²) in [4.78, 5) is 41.4. The number of aromatic nitrogens is 2. The van der Waals surface area contributed by atoms with E-state index in [0.29, 0.717) is 18.8 Å². The summed E-state index contributed by atoms with van der Waals surface area (Å²) in [5.41, 5.74) is 1.80. The molecule has 1 aromatic heterocycles. The number of aryl methyl sites for hydroxylation is 3. The molecule has 2 aromatic rings. The summed E-state index contributed by atoms with van der Waals surface area (Å²) in [5, 5.41) is 0. The Bertz CT molecular complexity index is 862. The number of nitrogens with zero attached hydrogens (tertiary/aromatic N) is 1. The standard InChI is InChI=1S/C18H23N3O4/c1-11-7-12(2)9-14(8-11)25-6-5-21(4)16(22)10-15-13(3)19-18(24)20-17(15)23/h7-9H,5-6,10H2,1-4H3,(H2,19,20,23,24). The van der Waals surface area contributed by atoms with Crippen molar-refractivity contribution in [3.8, 4) is 5.75 Å². The number of hydrogen-bond donors (Lipinski definition) is 2. The number of nitrogens with one attached hydrogen (secondary N) is 2. The lowest BCUT2D eigenvalue weighted by Crippen LogP contribution is -2.35. The molecule has 0 unspecified atom stereocenters. The third-order valence-corrected chi connectivity index (χ3v) is 3.90. The number of ether oxygens (including phenoxy) is 1. The Labute approximate surface area is 145 Å². The minimum Gasteiger partial charge on any atom is -0.492 e. The number of carbonyl (C=O) groups is 1. The summed E-state index contributed by atoms with van der Waals surface area (Å²) < 4.78 is 5.69. The van der Waals surface area contributed by atoms with Crippen molar-refractivity contribution in [2.24, 2.45) is 0 Å². The Balaban J connectivity index is 1.92. The van der Waals surface area contributed by atoms with E-state index in [1.54, 1.807) is 14.0 Å². The molecule has 0 aliphatic carbocycles. The number of H-pyrrole nitrogens is 2. The van der Waals surface area contributed by atoms with Crippen molar-refractivity contribution in [2.45, 2.75) is 27.2 Å². The molecule has 2 rings (SSSR count). The van der Waals surface area contributed by atoms with Gasteiger partial charge in [-0.3, -0.25) is 14.6 Å². The fraction of sp³-hybridized carbons (Fsp3) is 0.389. The molecule has 0 radical (unpaired) electrons. The zero-order chi connectivity index (χ0) is 18.6. The second-order valence-electron chi connectivity index (χ2n) is 6.18. The quantitative estimate of drug-likeness (QED) is 0.819. The largest absolute Gasteiger partial charge is 0.492 e. The molecule has 1 heterocycles. The van der Waals surface area contributed by atoms with Gasteiger partial charge in [0.2, 0.25) is 5.91 Å². The normalized spacial score (nSPS) is 10.6. The molecule has 2 N–H and O–H groups in total. The number of rotatable bonds is 6. The van der Waals surface area contributed by atoms with Gasteiger partial charge in [0.15, 0.2) is 0 Å². The first-order valence-corrected chi connectivity index (χ1v) is 8.03. The summed E-state index contributed by atoms with van der Waals surface area (Å²) >= 11 is 0. The van der Waals surface area contributed by atoms with Gasteiger partial charge in [-0.1, -0.05) is 6.07 Å². The van der Waals surface area contributed by atoms with Crippen LogP contribution in [0.15, 0.2) is 27.8 Å². The first-order chi connectivity index (χ1) is 11.8. The summed E-state index contributed by atoms with van der Waals surface area (Å²) in [7, 11) is 1.66. The van der Waals surface area contributed by atoms with Gasteiger partial charge in [0, 0.05) is 18.3 Å². The molecular formula is C18H23N3O4. The highest BCUT2D eigenvalue weighted by atomic mass is 16.5. The molecule has 0 atom stereocenters. The molecule has 1 aromatic carbocycles. The third-order valence-electron chi connectivity index (χ3n) is 3.90. The van der Waals surface area contributed by atoms with Crippen molar-refractivity contribution in [3.63, 3.8) is 0 Å². The maximum absolute atomic E-state index is 12.3. The van der Waals surface area contributed by atoms with Gasteiger partial charge in [-0.25, -0.2) is 4.79 Å². The maximum Gasteiger partial charge on any atom is 0.325 e. The molecule has 0 bridgehead atoms. The Hall–Kier alpha value is -2.83. The summed E-state index contributed by atoms with van der Waals surface area (Å²) in [6.45, 7) is 6.35. The average Bonchev–Trinajstić information content (AvgIpc) is 2.49. The predicted molar refractivity (Wildman–Crippen MR) is 95.2 cm³/mol. The molecule has 0 fully saturated rings. The van der Waals surface area contributed by atoms with E-state index in [1.807, 2.05) is 26.0 Å². The van der Waals surface area contributed by atoms with Gasteiger partial charge in [-0.15, -0.1) is 0 Å². The van der Waals surface area contributed by atoms with Crippen molar-refractivity contribution in [2.75, 3.05) is 20.2 Å². The fourth-order valence-electron chi connectivity index (χ4n) is 2.57. The Kier molecular flexibility index (Phi) is 5.80. The molecule has 0 aliphatic heterocycles. The lowest BCUT2D eigenvalue weighted by atomic mass is 10.1. The zero-order valence-corrected chi connectivity index (χ0v) is 14.9. The number of likely N-dealkylation sites (N-methyl/N-ethyl adjacent to an activating group) is 1. The topological polar surface area (TPSA) is 95.3 Å². The Morgan fingerprint density at radius 1 is 1.08 bits per heavy atom. The molecule has 0 spiro atoms. The second-order valence-corrected chi connectivity index (χ2v) is 6.18. The van der Waals surface area contributed by atoms with E-state index >= 15 is 0 Å². The lowest BCUT2D eigenvalue weighted by Gasteiger charge is -2.18. The molecule has 25 heavy (non-hydrogen) atoms. The lowest BCUT2D eigenvalue weighted by molar-refractivity contribution is -0.129. The van der Waals surface area contributed by atoms with Gasteiger partial charge in [-0.2, -0.15) is 0 Å². The smallest absolute Gasteiger partial charge is 0.325 e. The summed E-state index contributed by atoms with van der Waals surface area (Å²) in [6, 6.07) is 5.95. The van der Waals surface area contributed by atoms with Crippen molar-refractivity contribution in [1.29, 1.82) is 0 Å². The first-order valence-electron chi connectivity index (χ1n) is 8.03. The van der Waals surface area contributed by atoms with E-state index in [4.69, 9.17) is 4.74 Å². The van der Waals surface area contributed by atoms with Crippen molar-refractivity contribution in [1.82, 2.24) is 14.9 Å². The number of benzene rings is 1. The van der Waals surface area contributed by atoms with Crippen LogP contribution >= 0.6 is 0 Å². The highest BCUT2D eigenvalue weighted by Gasteiger charge is 2.15. The fourth-order valence-corrected chi connectivity index (χ4v) is 2.57. The minimum atomic E-state index is -0.575. The van der Waals surface area contributed by atoms with E-state index in [2.05, 4.69) is 16.0 Å². The summed E-state index contributed by atoms with van der Waals surface area (Å²) in [5.74, 6) is 0.552. The van der Waals surface area contributed by atoms with Crippen LogP contribution < -0.4 is 16.0 Å². The van der Waals surface area contributed by atoms with Gasteiger partial charge < -0.3 is 14.6 Å². The average molecular weight is 345 g/mol. The van der Waals surface area contributed by atoms with Crippen LogP contribution in [0.1, 0.15) is 22.4 Å². The van der Waals surface area contributed by atoms with Crippen molar-refractivity contribution in [3.05, 3.63) is 61.4 Å². The molecule has 7 heteroatoms. The number of aromatic amines is 2. The Morgan fingerprint density at radius 3 is 2.32 bits per heavy atom. The molecule has 1 amide bonds. The van der Waals surface area contributed by atoms with Gasteiger partial charge in [-0.05, 0) is 44.0 Å². The summed E-state index contributed by atoms with van der Waals surface area (Å²) in [6.07, 6.45) is -0.0714. The van der Waals surface area contributed by atoms with Crippen LogP contribution in [0.25, 0.3) is 0 Å². The molecule has 0 aliphatic rings. The maximum atomic E-state index is 12.3. The highest BCUT2D eigenvalue weighted by molar-refractivity contribution is 5.78. The van der Waals surface area contributed by atoms with Crippen LogP contribution in [-0.2, 0) is 11.2 Å². The van der Waals surface area contributed by atoms with Gasteiger partial charge >= 0.3 is 5.69 Å². The van der Waals surface area contributed by atoms with Crippen LogP contribution in [0, 0.1) is 20.8 Å². The van der Waals surface area contributed by atoms with E-state index in [1.165, 1.54) is 4.90 Å². The molecule has 134 valence electrons. The first kappa shape index (κ1) is 18.5. The number of amides is 1. The molecular weight excluding hydrogens is 322 g/mol. The highest BCUT2D eigenvalue weighted by Crippen LogP contribution is 2.16. The number of hydrogen-bond acceptors (Lipinski definition) is 4. The zero-order valence-electron chi connectivity index (χ0n) is 14.9. The molecule has 0 saturated heterocycles.